The molecular weight excluding hydrogens is 292 g/mol. The van der Waals surface area contributed by atoms with Gasteiger partial charge in [-0.25, -0.2) is 4.79 Å². The molecule has 3 amide bonds. The number of amides is 3. The van der Waals surface area contributed by atoms with Crippen LogP contribution in [0.25, 0.3) is 10.9 Å². The molecule has 0 unspecified atom stereocenters. The first-order valence-corrected chi connectivity index (χ1v) is 7.86. The van der Waals surface area contributed by atoms with Crippen molar-refractivity contribution in [3.63, 3.8) is 0 Å². The molecule has 6 nitrogen and oxygen atoms in total. The molecule has 0 saturated heterocycles. The summed E-state index contributed by atoms with van der Waals surface area (Å²) < 4.78 is 0. The highest BCUT2D eigenvalue weighted by Gasteiger charge is 2.30. The Morgan fingerprint density at radius 1 is 1.13 bits per heavy atom. The minimum atomic E-state index is -0.346. The topological polar surface area (TPSA) is 97.1 Å². The third-order valence-corrected chi connectivity index (χ3v) is 4.33. The fraction of sp³-hybridized carbons (Fsp3) is 0.353. The van der Waals surface area contributed by atoms with Gasteiger partial charge in [-0.1, -0.05) is 31.0 Å². The van der Waals surface area contributed by atoms with E-state index in [4.69, 9.17) is 5.73 Å². The first-order chi connectivity index (χ1) is 11.1. The van der Waals surface area contributed by atoms with Crippen LogP contribution < -0.4 is 16.4 Å². The van der Waals surface area contributed by atoms with E-state index in [1.54, 1.807) is 12.3 Å². The standard InChI is InChI=1S/C17H20N4O2/c18-16(22)12-7-1-2-8-13(12)20-17(23)21-14-9-3-5-11-6-4-10-19-15(11)14/h3-6,9-10,12-13H,1-2,7-8H2,(H2,18,22)(H2,20,21,23)/t12-,13+/m0/s1. The van der Waals surface area contributed by atoms with Crippen LogP contribution in [0.5, 0.6) is 0 Å². The number of aromatic nitrogens is 1. The number of primary amides is 1. The molecule has 1 aliphatic carbocycles. The zero-order valence-corrected chi connectivity index (χ0v) is 12.8. The summed E-state index contributed by atoms with van der Waals surface area (Å²) in [6.07, 6.45) is 5.16. The summed E-state index contributed by atoms with van der Waals surface area (Å²) in [6.45, 7) is 0. The number of pyridine rings is 1. The van der Waals surface area contributed by atoms with E-state index in [1.807, 2.05) is 24.3 Å². The number of rotatable bonds is 3. The third-order valence-electron chi connectivity index (χ3n) is 4.33. The number of nitrogens with two attached hydrogens (primary N) is 1. The average molecular weight is 312 g/mol. The maximum Gasteiger partial charge on any atom is 0.319 e. The van der Waals surface area contributed by atoms with Gasteiger partial charge in [0.15, 0.2) is 0 Å². The summed E-state index contributed by atoms with van der Waals surface area (Å²) in [4.78, 5) is 28.1. The van der Waals surface area contributed by atoms with Gasteiger partial charge in [-0.05, 0) is 25.0 Å². The van der Waals surface area contributed by atoms with Crippen molar-refractivity contribution in [3.05, 3.63) is 36.5 Å². The van der Waals surface area contributed by atoms with E-state index >= 15 is 0 Å². The fourth-order valence-electron chi connectivity index (χ4n) is 3.18. The molecule has 1 fully saturated rings. The predicted octanol–water partition coefficient (Wildman–Crippen LogP) is 2.40. The highest BCUT2D eigenvalue weighted by molar-refractivity contribution is 5.99. The molecule has 6 heteroatoms. The number of benzene rings is 1. The first-order valence-electron chi connectivity index (χ1n) is 7.86. The number of hydrogen-bond acceptors (Lipinski definition) is 3. The van der Waals surface area contributed by atoms with Crippen LogP contribution in [0.1, 0.15) is 25.7 Å². The molecule has 2 aromatic rings. The molecule has 120 valence electrons. The molecule has 1 saturated carbocycles. The van der Waals surface area contributed by atoms with Crippen LogP contribution in [-0.2, 0) is 4.79 Å². The van der Waals surface area contributed by atoms with Crippen LogP contribution >= 0.6 is 0 Å². The van der Waals surface area contributed by atoms with Crippen LogP contribution in [0.3, 0.4) is 0 Å². The van der Waals surface area contributed by atoms with Crippen LogP contribution in [-0.4, -0.2) is 23.0 Å². The number of hydrogen-bond donors (Lipinski definition) is 3. The number of fused-ring (bicyclic) bond motifs is 1. The van der Waals surface area contributed by atoms with E-state index in [9.17, 15) is 9.59 Å². The number of nitrogens with one attached hydrogen (secondary N) is 2. The minimum absolute atomic E-state index is 0.204. The molecule has 0 spiro atoms. The Hall–Kier alpha value is -2.63. The summed E-state index contributed by atoms with van der Waals surface area (Å²) in [6, 6.07) is 8.87. The molecule has 23 heavy (non-hydrogen) atoms. The normalized spacial score (nSPS) is 20.9. The number of nitrogens with zero attached hydrogens (tertiary/aromatic N) is 1. The van der Waals surface area contributed by atoms with Crippen LogP contribution in [0, 0.1) is 5.92 Å². The van der Waals surface area contributed by atoms with E-state index in [0.717, 1.165) is 36.6 Å². The van der Waals surface area contributed by atoms with Gasteiger partial charge < -0.3 is 16.4 Å². The SMILES string of the molecule is NC(=O)[C@H]1CCCC[C@H]1NC(=O)Nc1cccc2cccnc12. The van der Waals surface area contributed by atoms with E-state index in [0.29, 0.717) is 5.69 Å². The van der Waals surface area contributed by atoms with Gasteiger partial charge in [0.25, 0.3) is 0 Å². The average Bonchev–Trinajstić information content (AvgIpc) is 2.55. The zero-order valence-electron chi connectivity index (χ0n) is 12.8. The summed E-state index contributed by atoms with van der Waals surface area (Å²) >= 11 is 0. The lowest BCUT2D eigenvalue weighted by Crippen LogP contribution is -2.48. The first kappa shape index (κ1) is 15.3. The molecule has 1 aromatic carbocycles. The van der Waals surface area contributed by atoms with E-state index in [2.05, 4.69) is 15.6 Å². The largest absolute Gasteiger partial charge is 0.369 e. The molecule has 0 bridgehead atoms. The third kappa shape index (κ3) is 3.41. The predicted molar refractivity (Wildman–Crippen MR) is 88.8 cm³/mol. The van der Waals surface area contributed by atoms with Crippen LogP contribution in [0.2, 0.25) is 0 Å². The zero-order chi connectivity index (χ0) is 16.2. The molecule has 4 N–H and O–H groups in total. The second-order valence-corrected chi connectivity index (χ2v) is 5.88. The van der Waals surface area contributed by atoms with Crippen LogP contribution in [0.15, 0.2) is 36.5 Å². The second-order valence-electron chi connectivity index (χ2n) is 5.88. The molecule has 0 radical (unpaired) electrons. The van der Waals surface area contributed by atoms with Crippen molar-refractivity contribution in [1.82, 2.24) is 10.3 Å². The number of para-hydroxylation sites is 1. The maximum absolute atomic E-state index is 12.3. The van der Waals surface area contributed by atoms with Crippen molar-refractivity contribution < 1.29 is 9.59 Å². The molecule has 1 aromatic heterocycles. The molecule has 3 rings (SSSR count). The molecule has 0 aliphatic heterocycles. The summed E-state index contributed by atoms with van der Waals surface area (Å²) in [5.74, 6) is -0.637. The van der Waals surface area contributed by atoms with Crippen molar-refractivity contribution in [2.45, 2.75) is 31.7 Å². The van der Waals surface area contributed by atoms with E-state index < -0.39 is 0 Å². The Balaban J connectivity index is 1.72. The van der Waals surface area contributed by atoms with Crippen LogP contribution in [0.4, 0.5) is 10.5 Å². The van der Waals surface area contributed by atoms with Gasteiger partial charge in [0.2, 0.25) is 5.91 Å². The van der Waals surface area contributed by atoms with Gasteiger partial charge in [-0.2, -0.15) is 0 Å². The Kier molecular flexibility index (Phi) is 4.41. The summed E-state index contributed by atoms with van der Waals surface area (Å²) in [5, 5.41) is 6.67. The minimum Gasteiger partial charge on any atom is -0.369 e. The van der Waals surface area contributed by atoms with Crippen molar-refractivity contribution >= 4 is 28.5 Å². The highest BCUT2D eigenvalue weighted by atomic mass is 16.2. The number of carbonyl (C=O) groups is 2. The monoisotopic (exact) mass is 312 g/mol. The number of urea groups is 1. The van der Waals surface area contributed by atoms with Gasteiger partial charge in [0.1, 0.15) is 0 Å². The Morgan fingerprint density at radius 3 is 2.74 bits per heavy atom. The molecular formula is C17H20N4O2. The lowest BCUT2D eigenvalue weighted by Gasteiger charge is -2.29. The summed E-state index contributed by atoms with van der Waals surface area (Å²) in [5.41, 5.74) is 6.82. The van der Waals surface area contributed by atoms with Crippen molar-refractivity contribution in [3.8, 4) is 0 Å². The van der Waals surface area contributed by atoms with Gasteiger partial charge >= 0.3 is 6.03 Å². The van der Waals surface area contributed by atoms with Crippen molar-refractivity contribution in [2.75, 3.05) is 5.32 Å². The Morgan fingerprint density at radius 2 is 1.91 bits per heavy atom. The second kappa shape index (κ2) is 6.64. The Bertz CT molecular complexity index is 726. The molecule has 1 aliphatic rings. The van der Waals surface area contributed by atoms with Gasteiger partial charge in [0.05, 0.1) is 17.1 Å². The fourth-order valence-corrected chi connectivity index (χ4v) is 3.18. The number of anilines is 1. The lowest BCUT2D eigenvalue weighted by atomic mass is 9.84. The quantitative estimate of drug-likeness (QED) is 0.811. The maximum atomic E-state index is 12.3. The van der Waals surface area contributed by atoms with E-state index in [1.165, 1.54) is 0 Å². The summed E-state index contributed by atoms with van der Waals surface area (Å²) in [7, 11) is 0. The van der Waals surface area contributed by atoms with E-state index in [-0.39, 0.29) is 23.9 Å². The van der Waals surface area contributed by atoms with Gasteiger partial charge in [-0.15, -0.1) is 0 Å². The Labute approximate surface area is 134 Å². The van der Waals surface area contributed by atoms with Gasteiger partial charge in [-0.3, -0.25) is 9.78 Å². The van der Waals surface area contributed by atoms with Gasteiger partial charge in [0, 0.05) is 17.6 Å². The van der Waals surface area contributed by atoms with Crippen molar-refractivity contribution in [2.24, 2.45) is 11.7 Å². The number of carbonyl (C=O) groups excluding carboxylic acids is 2. The highest BCUT2D eigenvalue weighted by Crippen LogP contribution is 2.25. The smallest absolute Gasteiger partial charge is 0.319 e. The molecule has 2 atom stereocenters. The molecule has 1 heterocycles. The van der Waals surface area contributed by atoms with Crippen molar-refractivity contribution in [1.29, 1.82) is 0 Å². The lowest BCUT2D eigenvalue weighted by molar-refractivity contribution is -0.123.